The second-order valence-electron chi connectivity index (χ2n) is 13.1. The fraction of sp³-hybridized carbons (Fsp3) is 1.00. The molecule has 0 amide bonds. The topological polar surface area (TPSA) is 43.1 Å². The van der Waals surface area contributed by atoms with Crippen LogP contribution in [0.4, 0.5) is 0 Å². The van der Waals surface area contributed by atoms with Gasteiger partial charge in [-0.15, -0.1) is 0 Å². The largest absolute Gasteiger partial charge is 0.295 e. The summed E-state index contributed by atoms with van der Waals surface area (Å²) < 4.78 is 0. The minimum Gasteiger partial charge on any atom is -0.263 e. The number of hydrogen-bond donors (Lipinski definition) is 0. The second-order valence-corrected chi connectivity index (χ2v) is 13.8. The Kier molecular flexibility index (Phi) is 6.52. The van der Waals surface area contributed by atoms with E-state index in [0.29, 0.717) is 24.2 Å². The molecule has 4 aliphatic rings. The van der Waals surface area contributed by atoms with Crippen LogP contribution in [-0.2, 0) is 0 Å². The molecule has 0 unspecified atom stereocenters. The average molecular weight is 452 g/mol. The second kappa shape index (κ2) is 8.48. The van der Waals surface area contributed by atoms with Crippen LogP contribution in [0.3, 0.4) is 0 Å². The number of nitrogens with zero attached hydrogens (tertiary/aromatic N) is 1. The zero-order valence-electron chi connectivity index (χ0n) is 20.7. The smallest absolute Gasteiger partial charge is 0.263 e. The fourth-order valence-electron chi connectivity index (χ4n) is 9.39. The average Bonchev–Trinajstić information content (AvgIpc) is 3.05. The van der Waals surface area contributed by atoms with Crippen LogP contribution in [-0.4, -0.2) is 9.92 Å². The maximum atomic E-state index is 11.6. The van der Waals surface area contributed by atoms with E-state index in [0.717, 1.165) is 48.3 Å². The third kappa shape index (κ3) is 3.97. The zero-order chi connectivity index (χ0) is 22.6. The SMILES string of the molecule is CC(C)CCC[C@@H](C)[C@@H]1CC[C@@H]2[C@@H]3CC[C@H]4C[C@@](Cl)([N+](=O)[O-])CC[C@]4(C)[C@@H]3CC[C@]21C. The van der Waals surface area contributed by atoms with Crippen molar-refractivity contribution in [1.82, 2.24) is 0 Å². The highest BCUT2D eigenvalue weighted by atomic mass is 35.5. The molecule has 0 radical (unpaired) electrons. The normalized spacial score (nSPS) is 48.0. The maximum absolute atomic E-state index is 11.6. The van der Waals surface area contributed by atoms with Gasteiger partial charge in [-0.05, 0) is 109 Å². The van der Waals surface area contributed by atoms with Crippen LogP contribution in [0.1, 0.15) is 112 Å². The van der Waals surface area contributed by atoms with Gasteiger partial charge in [-0.1, -0.05) is 53.9 Å². The summed E-state index contributed by atoms with van der Waals surface area (Å²) >= 11 is 6.49. The predicted molar refractivity (Wildman–Crippen MR) is 129 cm³/mol. The van der Waals surface area contributed by atoms with E-state index in [1.807, 2.05) is 0 Å². The standard InChI is InChI=1S/C27H46ClNO2/c1-18(2)7-6-8-19(3)22-11-12-23-21-10-9-20-17-27(28,29(30)31)16-15-25(20,4)24(21)13-14-26(22,23)5/h18-24H,6-17H2,1-5H3/t19-,20+,21+,22+,23-,24-,25+,26+,27+/m1/s1. The first-order valence-electron chi connectivity index (χ1n) is 13.3. The Morgan fingerprint density at radius 1 is 0.935 bits per heavy atom. The Balaban J connectivity index is 1.47. The third-order valence-corrected chi connectivity index (χ3v) is 11.7. The van der Waals surface area contributed by atoms with Gasteiger partial charge < -0.3 is 0 Å². The van der Waals surface area contributed by atoms with Gasteiger partial charge in [0.05, 0.1) is 0 Å². The highest BCUT2D eigenvalue weighted by Gasteiger charge is 2.63. The molecule has 9 atom stereocenters. The molecule has 4 rings (SSSR count). The predicted octanol–water partition coefficient (Wildman–Crippen LogP) is 8.32. The van der Waals surface area contributed by atoms with Crippen molar-refractivity contribution < 1.29 is 4.92 Å². The lowest BCUT2D eigenvalue weighted by atomic mass is 9.44. The highest BCUT2D eigenvalue weighted by Crippen LogP contribution is 2.69. The molecule has 31 heavy (non-hydrogen) atoms. The molecule has 4 saturated carbocycles. The van der Waals surface area contributed by atoms with Crippen LogP contribution >= 0.6 is 11.6 Å². The van der Waals surface area contributed by atoms with Gasteiger partial charge in [-0.25, -0.2) is 0 Å². The van der Waals surface area contributed by atoms with Gasteiger partial charge in [0.2, 0.25) is 0 Å². The quantitative estimate of drug-likeness (QED) is 0.176. The highest BCUT2D eigenvalue weighted by molar-refractivity contribution is 6.22. The zero-order valence-corrected chi connectivity index (χ0v) is 21.4. The van der Waals surface area contributed by atoms with Gasteiger partial charge in [0.1, 0.15) is 0 Å². The molecular formula is C27H46ClNO2. The van der Waals surface area contributed by atoms with E-state index >= 15 is 0 Å². The van der Waals surface area contributed by atoms with Crippen molar-refractivity contribution in [1.29, 1.82) is 0 Å². The van der Waals surface area contributed by atoms with Gasteiger partial charge in [0, 0.05) is 17.8 Å². The van der Waals surface area contributed by atoms with E-state index in [1.54, 1.807) is 0 Å². The van der Waals surface area contributed by atoms with Crippen molar-refractivity contribution in [3.8, 4) is 0 Å². The first-order valence-corrected chi connectivity index (χ1v) is 13.7. The van der Waals surface area contributed by atoms with Crippen LogP contribution in [0.2, 0.25) is 0 Å². The lowest BCUT2D eigenvalue weighted by Gasteiger charge is -2.61. The molecule has 4 heteroatoms. The number of nitro groups is 1. The van der Waals surface area contributed by atoms with Gasteiger partial charge >= 0.3 is 0 Å². The molecule has 0 N–H and O–H groups in total. The third-order valence-electron chi connectivity index (χ3n) is 11.2. The summed E-state index contributed by atoms with van der Waals surface area (Å²) in [6.45, 7) is 12.4. The summed E-state index contributed by atoms with van der Waals surface area (Å²) in [4.78, 5) is 10.2. The number of rotatable bonds is 6. The summed E-state index contributed by atoms with van der Waals surface area (Å²) in [5, 5.41) is 11.6. The Hall–Kier alpha value is -0.310. The molecule has 0 aromatic heterocycles. The molecule has 0 aromatic carbocycles. The fourth-order valence-corrected chi connectivity index (χ4v) is 9.67. The van der Waals surface area contributed by atoms with Crippen molar-refractivity contribution in [2.45, 2.75) is 117 Å². The monoisotopic (exact) mass is 451 g/mol. The number of fused-ring (bicyclic) bond motifs is 5. The summed E-state index contributed by atoms with van der Waals surface area (Å²) in [5.41, 5.74) is 0.785. The van der Waals surface area contributed by atoms with Gasteiger partial charge in [-0.2, -0.15) is 0 Å². The van der Waals surface area contributed by atoms with E-state index in [9.17, 15) is 10.1 Å². The van der Waals surface area contributed by atoms with Gasteiger partial charge in [0.15, 0.2) is 0 Å². The van der Waals surface area contributed by atoms with E-state index in [2.05, 4.69) is 34.6 Å². The Bertz CT molecular complexity index is 682. The Labute approximate surface area is 195 Å². The maximum Gasteiger partial charge on any atom is 0.295 e. The lowest BCUT2D eigenvalue weighted by Crippen LogP contribution is -2.56. The summed E-state index contributed by atoms with van der Waals surface area (Å²) in [7, 11) is 0. The van der Waals surface area contributed by atoms with Crippen LogP contribution in [0.5, 0.6) is 0 Å². The van der Waals surface area contributed by atoms with Crippen molar-refractivity contribution in [2.75, 3.05) is 0 Å². The van der Waals surface area contributed by atoms with E-state index in [-0.39, 0.29) is 10.3 Å². The lowest BCUT2D eigenvalue weighted by molar-refractivity contribution is -0.550. The molecule has 178 valence electrons. The van der Waals surface area contributed by atoms with Crippen molar-refractivity contribution in [3.63, 3.8) is 0 Å². The molecular weight excluding hydrogens is 406 g/mol. The van der Waals surface area contributed by atoms with Crippen LogP contribution in [0, 0.1) is 62.4 Å². The van der Waals surface area contributed by atoms with E-state index < -0.39 is 5.00 Å². The Morgan fingerprint density at radius 2 is 1.65 bits per heavy atom. The Morgan fingerprint density at radius 3 is 2.32 bits per heavy atom. The molecule has 4 aliphatic carbocycles. The van der Waals surface area contributed by atoms with Crippen molar-refractivity contribution in [2.24, 2.45) is 52.3 Å². The molecule has 0 saturated heterocycles. The first-order chi connectivity index (χ1) is 14.5. The van der Waals surface area contributed by atoms with Gasteiger partial charge in [-0.3, -0.25) is 10.1 Å². The van der Waals surface area contributed by atoms with Crippen LogP contribution < -0.4 is 0 Å². The van der Waals surface area contributed by atoms with Crippen molar-refractivity contribution in [3.05, 3.63) is 10.1 Å². The summed E-state index contributed by atoms with van der Waals surface area (Å²) in [5.74, 6) is 5.47. The minimum atomic E-state index is -1.20. The minimum absolute atomic E-state index is 0.194. The van der Waals surface area contributed by atoms with Gasteiger partial charge in [0.25, 0.3) is 5.00 Å². The number of halogens is 1. The molecule has 3 nitrogen and oxygen atoms in total. The first kappa shape index (κ1) is 23.8. The molecule has 0 aliphatic heterocycles. The molecule has 0 bridgehead atoms. The van der Waals surface area contributed by atoms with E-state index in [1.165, 1.54) is 51.4 Å². The molecule has 0 heterocycles. The summed E-state index contributed by atoms with van der Waals surface area (Å²) in [6, 6.07) is 0. The molecule has 4 fully saturated rings. The molecule has 0 aromatic rings. The number of hydrogen-bond acceptors (Lipinski definition) is 2. The molecule has 0 spiro atoms. The summed E-state index contributed by atoms with van der Waals surface area (Å²) in [6.07, 6.45) is 14.2. The van der Waals surface area contributed by atoms with Crippen molar-refractivity contribution >= 4 is 11.6 Å². The van der Waals surface area contributed by atoms with E-state index in [4.69, 9.17) is 11.6 Å². The van der Waals surface area contributed by atoms with Crippen LogP contribution in [0.15, 0.2) is 0 Å². The number of alkyl halides is 1. The van der Waals surface area contributed by atoms with Crippen LogP contribution in [0.25, 0.3) is 0 Å².